The number of nitrogens with one attached hydrogen (secondary N) is 1. The van der Waals surface area contributed by atoms with Gasteiger partial charge >= 0.3 is 12.5 Å². The van der Waals surface area contributed by atoms with Crippen LogP contribution in [0.2, 0.25) is 0 Å². The molecule has 0 bridgehead atoms. The van der Waals surface area contributed by atoms with Gasteiger partial charge in [0.05, 0.1) is 18.2 Å². The molecule has 0 unspecified atom stereocenters. The minimum Gasteiger partial charge on any atom is -0.460 e. The first-order chi connectivity index (χ1) is 17.8. The molecule has 206 valence electrons. The number of aliphatic hydroxyl groups excluding tert-OH is 1. The van der Waals surface area contributed by atoms with Crippen LogP contribution in [-0.2, 0) is 22.5 Å². The zero-order valence-corrected chi connectivity index (χ0v) is 23.4. The van der Waals surface area contributed by atoms with Crippen LogP contribution in [0.1, 0.15) is 44.9 Å². The second-order valence-corrected chi connectivity index (χ2v) is 11.2. The molecule has 1 heterocycles. The van der Waals surface area contributed by atoms with Gasteiger partial charge in [-0.25, -0.2) is 13.5 Å². The predicted molar refractivity (Wildman–Crippen MR) is 143 cm³/mol. The molecule has 0 saturated heterocycles. The summed E-state index contributed by atoms with van der Waals surface area (Å²) in [6.45, 7) is 2.15. The van der Waals surface area contributed by atoms with Crippen molar-refractivity contribution in [2.24, 2.45) is 5.92 Å². The molecule has 38 heavy (non-hydrogen) atoms. The number of aromatic nitrogens is 2. The molecule has 0 spiro atoms. The number of rotatable bonds is 11. The Morgan fingerprint density at radius 3 is 2.32 bits per heavy atom. The lowest BCUT2D eigenvalue weighted by Crippen LogP contribution is -2.36. The largest absolute Gasteiger partial charge is 0.460 e. The first-order valence-electron chi connectivity index (χ1n) is 12.0. The highest BCUT2D eigenvalue weighted by atomic mass is 127. The molecule has 0 amide bonds. The van der Waals surface area contributed by atoms with Crippen LogP contribution in [0, 0.1) is 21.1 Å². The molecule has 0 aliphatic carbocycles. The molecule has 0 aliphatic rings. The van der Waals surface area contributed by atoms with Gasteiger partial charge in [-0.2, -0.15) is 13.9 Å². The van der Waals surface area contributed by atoms with E-state index < -0.39 is 41.8 Å². The van der Waals surface area contributed by atoms with Crippen LogP contribution in [0.3, 0.4) is 0 Å². The van der Waals surface area contributed by atoms with E-state index in [0.29, 0.717) is 11.1 Å². The molecule has 2 N–H and O–H groups in total. The van der Waals surface area contributed by atoms with E-state index in [2.05, 4.69) is 33.0 Å². The number of hydrogen-bond donors (Lipinski definition) is 2. The van der Waals surface area contributed by atoms with Gasteiger partial charge in [0.15, 0.2) is 0 Å². The number of benzene rings is 2. The maximum Gasteiger partial charge on any atom is 0.333 e. The van der Waals surface area contributed by atoms with Crippen molar-refractivity contribution in [3.63, 3.8) is 0 Å². The standard InChI is InChI=1S/C27H30F4IN3O3/c1-27(2,3)38-25(37)13-18(10-16-4-6-19(32)7-5-16)24(36)15-33-14-20-21(28)11-17(12-22(20)29)23-8-9-35(34-23)26(30)31/h4-9,11-12,18,24,26,33,36H,10,13-15H2,1-3H3/t18-,24+/m1/s1. The maximum atomic E-state index is 14.7. The maximum absolute atomic E-state index is 14.7. The van der Waals surface area contributed by atoms with Crippen LogP contribution in [-0.4, -0.2) is 39.1 Å². The summed E-state index contributed by atoms with van der Waals surface area (Å²) in [5.74, 6) is -2.70. The van der Waals surface area contributed by atoms with Crippen LogP contribution in [0.15, 0.2) is 48.7 Å². The fourth-order valence-electron chi connectivity index (χ4n) is 3.90. The summed E-state index contributed by atoms with van der Waals surface area (Å²) in [5, 5.41) is 17.4. The van der Waals surface area contributed by atoms with Gasteiger partial charge in [0.2, 0.25) is 0 Å². The van der Waals surface area contributed by atoms with E-state index in [0.717, 1.165) is 27.5 Å². The molecule has 6 nitrogen and oxygen atoms in total. The number of carbonyl (C=O) groups is 1. The average molecular weight is 647 g/mol. The van der Waals surface area contributed by atoms with Gasteiger partial charge in [0.25, 0.3) is 0 Å². The van der Waals surface area contributed by atoms with Crippen molar-refractivity contribution in [2.45, 2.75) is 58.4 Å². The zero-order chi connectivity index (χ0) is 28.0. The van der Waals surface area contributed by atoms with Crippen molar-refractivity contribution < 1.29 is 32.2 Å². The van der Waals surface area contributed by atoms with Crippen LogP contribution >= 0.6 is 22.6 Å². The fraction of sp³-hybridized carbons (Fsp3) is 0.407. The summed E-state index contributed by atoms with van der Waals surface area (Å²) >= 11 is 2.19. The van der Waals surface area contributed by atoms with E-state index in [1.54, 1.807) is 20.8 Å². The Kier molecular flexibility index (Phi) is 10.3. The van der Waals surface area contributed by atoms with E-state index >= 15 is 0 Å². The predicted octanol–water partition coefficient (Wildman–Crippen LogP) is 5.87. The second kappa shape index (κ2) is 13.0. The summed E-state index contributed by atoms with van der Waals surface area (Å²) in [6, 6.07) is 11.0. The third-order valence-electron chi connectivity index (χ3n) is 5.70. The number of hydrogen-bond acceptors (Lipinski definition) is 5. The molecule has 1 aromatic heterocycles. The van der Waals surface area contributed by atoms with Crippen LogP contribution in [0.25, 0.3) is 11.3 Å². The molecular formula is C27H30F4IN3O3. The summed E-state index contributed by atoms with van der Waals surface area (Å²) in [4.78, 5) is 12.5. The first-order valence-corrected chi connectivity index (χ1v) is 13.1. The number of nitrogens with zero attached hydrogens (tertiary/aromatic N) is 2. The van der Waals surface area contributed by atoms with Crippen molar-refractivity contribution in [3.8, 4) is 11.3 Å². The minimum atomic E-state index is -2.86. The fourth-order valence-corrected chi connectivity index (χ4v) is 4.26. The molecule has 2 atom stereocenters. The number of aliphatic hydroxyl groups is 1. The van der Waals surface area contributed by atoms with Crippen molar-refractivity contribution >= 4 is 28.6 Å². The van der Waals surface area contributed by atoms with E-state index in [1.807, 2.05) is 24.3 Å². The molecule has 0 aliphatic heterocycles. The van der Waals surface area contributed by atoms with Crippen LogP contribution in [0.5, 0.6) is 0 Å². The highest BCUT2D eigenvalue weighted by molar-refractivity contribution is 14.1. The van der Waals surface area contributed by atoms with Crippen molar-refractivity contribution in [1.82, 2.24) is 15.1 Å². The van der Waals surface area contributed by atoms with Crippen molar-refractivity contribution in [3.05, 3.63) is 75.0 Å². The smallest absolute Gasteiger partial charge is 0.333 e. The van der Waals surface area contributed by atoms with E-state index in [-0.39, 0.29) is 36.3 Å². The Balaban J connectivity index is 1.67. The topological polar surface area (TPSA) is 76.4 Å². The van der Waals surface area contributed by atoms with Crippen LogP contribution < -0.4 is 5.32 Å². The summed E-state index contributed by atoms with van der Waals surface area (Å²) < 4.78 is 61.8. The Labute approximate surface area is 232 Å². The van der Waals surface area contributed by atoms with Gasteiger partial charge in [0.1, 0.15) is 17.2 Å². The molecule has 0 fully saturated rings. The third kappa shape index (κ3) is 8.77. The number of alkyl halides is 2. The number of halogens is 5. The van der Waals surface area contributed by atoms with Gasteiger partial charge in [-0.05, 0) is 85.7 Å². The van der Waals surface area contributed by atoms with Crippen LogP contribution in [0.4, 0.5) is 17.6 Å². The quantitative estimate of drug-likeness (QED) is 0.155. The Hall–Kier alpha value is -2.51. The van der Waals surface area contributed by atoms with E-state index in [9.17, 15) is 27.5 Å². The Bertz CT molecular complexity index is 1210. The number of esters is 1. The van der Waals surface area contributed by atoms with E-state index in [4.69, 9.17) is 4.74 Å². The molecule has 3 aromatic rings. The third-order valence-corrected chi connectivity index (χ3v) is 6.42. The lowest BCUT2D eigenvalue weighted by molar-refractivity contribution is -0.157. The lowest BCUT2D eigenvalue weighted by atomic mass is 9.90. The van der Waals surface area contributed by atoms with Crippen molar-refractivity contribution in [2.75, 3.05) is 6.54 Å². The molecule has 3 rings (SSSR count). The normalized spacial score (nSPS) is 13.5. The highest BCUT2D eigenvalue weighted by Crippen LogP contribution is 2.25. The Morgan fingerprint density at radius 2 is 1.76 bits per heavy atom. The molecule has 0 saturated carbocycles. The number of carbonyl (C=O) groups excluding carboxylic acids is 1. The van der Waals surface area contributed by atoms with Gasteiger partial charge in [-0.1, -0.05) is 12.1 Å². The minimum absolute atomic E-state index is 0.0126. The molecule has 0 radical (unpaired) electrons. The van der Waals surface area contributed by atoms with Gasteiger partial charge in [0, 0.05) is 39.9 Å². The lowest BCUT2D eigenvalue weighted by Gasteiger charge is -2.26. The van der Waals surface area contributed by atoms with Crippen molar-refractivity contribution in [1.29, 1.82) is 0 Å². The van der Waals surface area contributed by atoms with E-state index in [1.165, 1.54) is 6.07 Å². The molecule has 11 heteroatoms. The second-order valence-electron chi connectivity index (χ2n) is 9.96. The summed E-state index contributed by atoms with van der Waals surface area (Å²) in [6.07, 6.45) is 0.387. The highest BCUT2D eigenvalue weighted by Gasteiger charge is 2.26. The molecular weight excluding hydrogens is 617 g/mol. The Morgan fingerprint density at radius 1 is 1.13 bits per heavy atom. The van der Waals surface area contributed by atoms with Gasteiger partial charge < -0.3 is 15.2 Å². The average Bonchev–Trinajstić information content (AvgIpc) is 3.31. The zero-order valence-electron chi connectivity index (χ0n) is 21.2. The van der Waals surface area contributed by atoms with Gasteiger partial charge in [-0.3, -0.25) is 4.79 Å². The monoisotopic (exact) mass is 647 g/mol. The SMILES string of the molecule is CC(C)(C)OC(=O)C[C@@H](Cc1ccc(I)cc1)[C@@H](O)CNCc1c(F)cc(-c2ccn(C(F)F)n2)cc1F. The van der Waals surface area contributed by atoms with Gasteiger partial charge in [-0.15, -0.1) is 0 Å². The number of ether oxygens (including phenoxy) is 1. The first kappa shape index (κ1) is 30.0. The molecule has 2 aromatic carbocycles. The summed E-state index contributed by atoms with van der Waals surface area (Å²) in [7, 11) is 0. The summed E-state index contributed by atoms with van der Waals surface area (Å²) in [5.41, 5.74) is 0.0271.